The van der Waals surface area contributed by atoms with Gasteiger partial charge in [0, 0.05) is 17.8 Å². The summed E-state index contributed by atoms with van der Waals surface area (Å²) >= 11 is 0. The standard InChI is InChI=1S/C19H14F5N3O/c1-9-3-4-10(2)11(7-9)19(28)25-13-5-6-27(26-13)8-12-14(20)16(22)18(24)17(23)15(12)21/h3-7H,8H2,1-2H3,(H,25,26,28). The summed E-state index contributed by atoms with van der Waals surface area (Å²) in [6.45, 7) is 2.89. The van der Waals surface area contributed by atoms with Gasteiger partial charge in [0.15, 0.2) is 29.1 Å². The van der Waals surface area contributed by atoms with Gasteiger partial charge in [-0.3, -0.25) is 9.48 Å². The van der Waals surface area contributed by atoms with E-state index in [0.29, 0.717) is 5.56 Å². The number of hydrogen-bond acceptors (Lipinski definition) is 2. The molecule has 1 amide bonds. The lowest BCUT2D eigenvalue weighted by Gasteiger charge is -2.09. The minimum absolute atomic E-state index is 0.0646. The molecule has 2 aromatic carbocycles. The van der Waals surface area contributed by atoms with E-state index in [-0.39, 0.29) is 5.82 Å². The van der Waals surface area contributed by atoms with Gasteiger partial charge in [-0.1, -0.05) is 17.7 Å². The zero-order valence-electron chi connectivity index (χ0n) is 14.8. The minimum atomic E-state index is -2.22. The summed E-state index contributed by atoms with van der Waals surface area (Å²) < 4.78 is 68.2. The molecule has 0 aliphatic rings. The maximum absolute atomic E-state index is 13.8. The van der Waals surface area contributed by atoms with Crippen LogP contribution in [0.3, 0.4) is 0 Å². The molecule has 0 spiro atoms. The Bertz CT molecular complexity index is 1050. The monoisotopic (exact) mass is 395 g/mol. The number of nitrogens with zero attached hydrogens (tertiary/aromatic N) is 2. The fraction of sp³-hybridized carbons (Fsp3) is 0.158. The molecule has 0 fully saturated rings. The van der Waals surface area contributed by atoms with E-state index in [4.69, 9.17) is 0 Å². The summed E-state index contributed by atoms with van der Waals surface area (Å²) in [5.41, 5.74) is 1.03. The highest BCUT2D eigenvalue weighted by Gasteiger charge is 2.26. The lowest BCUT2D eigenvalue weighted by Crippen LogP contribution is -2.15. The van der Waals surface area contributed by atoms with Crippen molar-refractivity contribution in [3.63, 3.8) is 0 Å². The number of amides is 1. The van der Waals surface area contributed by atoms with Crippen LogP contribution in [0.4, 0.5) is 27.8 Å². The third kappa shape index (κ3) is 3.60. The van der Waals surface area contributed by atoms with Crippen molar-refractivity contribution >= 4 is 11.7 Å². The predicted molar refractivity (Wildman–Crippen MR) is 91.4 cm³/mol. The first-order chi connectivity index (χ1) is 13.2. The summed E-state index contributed by atoms with van der Waals surface area (Å²) in [6.07, 6.45) is 1.25. The third-order valence-corrected chi connectivity index (χ3v) is 4.14. The molecule has 0 unspecified atom stereocenters. The second kappa shape index (κ2) is 7.41. The zero-order valence-corrected chi connectivity index (χ0v) is 14.8. The van der Waals surface area contributed by atoms with E-state index in [1.165, 1.54) is 12.3 Å². The molecule has 0 atom stereocenters. The van der Waals surface area contributed by atoms with Crippen molar-refractivity contribution in [2.45, 2.75) is 20.4 Å². The Morgan fingerprint density at radius 1 is 0.964 bits per heavy atom. The van der Waals surface area contributed by atoms with Crippen molar-refractivity contribution in [2.75, 3.05) is 5.32 Å². The number of carbonyl (C=O) groups is 1. The number of hydrogen-bond donors (Lipinski definition) is 1. The number of carbonyl (C=O) groups excluding carboxylic acids is 1. The number of anilines is 1. The fourth-order valence-electron chi connectivity index (χ4n) is 2.63. The van der Waals surface area contributed by atoms with Crippen LogP contribution in [0.15, 0.2) is 30.5 Å². The second-order valence-corrected chi connectivity index (χ2v) is 6.22. The quantitative estimate of drug-likeness (QED) is 0.402. The van der Waals surface area contributed by atoms with Crippen molar-refractivity contribution in [2.24, 2.45) is 0 Å². The molecular weight excluding hydrogens is 381 g/mol. The zero-order chi connectivity index (χ0) is 20.6. The predicted octanol–water partition coefficient (Wildman–Crippen LogP) is 4.50. The minimum Gasteiger partial charge on any atom is -0.305 e. The van der Waals surface area contributed by atoms with Gasteiger partial charge in [-0.05, 0) is 25.5 Å². The highest BCUT2D eigenvalue weighted by molar-refractivity contribution is 6.04. The lowest BCUT2D eigenvalue weighted by atomic mass is 10.1. The summed E-state index contributed by atoms with van der Waals surface area (Å²) in [7, 11) is 0. The Kier molecular flexibility index (Phi) is 5.17. The van der Waals surface area contributed by atoms with Crippen LogP contribution in [0.5, 0.6) is 0 Å². The smallest absolute Gasteiger partial charge is 0.257 e. The van der Waals surface area contributed by atoms with Crippen LogP contribution in [-0.2, 0) is 6.54 Å². The van der Waals surface area contributed by atoms with Crippen LogP contribution < -0.4 is 5.32 Å². The van der Waals surface area contributed by atoms with E-state index in [1.54, 1.807) is 19.1 Å². The van der Waals surface area contributed by atoms with Gasteiger partial charge in [0.1, 0.15) is 0 Å². The van der Waals surface area contributed by atoms with Crippen LogP contribution in [0.1, 0.15) is 27.0 Å². The molecule has 0 radical (unpaired) electrons. The van der Waals surface area contributed by atoms with Crippen molar-refractivity contribution in [1.82, 2.24) is 9.78 Å². The largest absolute Gasteiger partial charge is 0.305 e. The molecule has 146 valence electrons. The molecule has 4 nitrogen and oxygen atoms in total. The Morgan fingerprint density at radius 2 is 1.57 bits per heavy atom. The van der Waals surface area contributed by atoms with Crippen LogP contribution in [0.25, 0.3) is 0 Å². The summed E-state index contributed by atoms with van der Waals surface area (Å²) in [4.78, 5) is 12.4. The number of aromatic nitrogens is 2. The van der Waals surface area contributed by atoms with Crippen LogP contribution >= 0.6 is 0 Å². The molecule has 3 rings (SSSR count). The topological polar surface area (TPSA) is 46.9 Å². The average Bonchev–Trinajstić information content (AvgIpc) is 3.10. The van der Waals surface area contributed by atoms with Crippen molar-refractivity contribution < 1.29 is 26.7 Å². The average molecular weight is 395 g/mol. The molecule has 1 aromatic heterocycles. The maximum atomic E-state index is 13.8. The Hall–Kier alpha value is -3.23. The highest BCUT2D eigenvalue weighted by atomic mass is 19.2. The number of benzene rings is 2. The first-order valence-corrected chi connectivity index (χ1v) is 8.11. The number of aryl methyl sites for hydroxylation is 2. The third-order valence-electron chi connectivity index (χ3n) is 4.14. The number of rotatable bonds is 4. The molecule has 3 aromatic rings. The molecule has 0 saturated heterocycles. The van der Waals surface area contributed by atoms with Crippen molar-refractivity contribution in [3.8, 4) is 0 Å². The Balaban J connectivity index is 1.82. The van der Waals surface area contributed by atoms with Crippen LogP contribution in [0.2, 0.25) is 0 Å². The van der Waals surface area contributed by atoms with Gasteiger partial charge < -0.3 is 5.32 Å². The number of nitrogens with one attached hydrogen (secondary N) is 1. The summed E-state index contributed by atoms with van der Waals surface area (Å²) in [5, 5.41) is 6.43. The molecule has 0 bridgehead atoms. The summed E-state index contributed by atoms with van der Waals surface area (Å²) in [5.74, 6) is -10.5. The van der Waals surface area contributed by atoms with E-state index in [2.05, 4.69) is 10.4 Å². The van der Waals surface area contributed by atoms with Gasteiger partial charge >= 0.3 is 0 Å². The molecule has 1 heterocycles. The summed E-state index contributed by atoms with van der Waals surface area (Å²) in [6, 6.07) is 6.67. The molecule has 1 N–H and O–H groups in total. The van der Waals surface area contributed by atoms with Gasteiger partial charge in [-0.25, -0.2) is 22.0 Å². The SMILES string of the molecule is Cc1ccc(C)c(C(=O)Nc2ccn(Cc3c(F)c(F)c(F)c(F)c3F)n2)c1. The molecular formula is C19H14F5N3O. The number of halogens is 5. The van der Waals surface area contributed by atoms with Crippen molar-refractivity contribution in [1.29, 1.82) is 0 Å². The maximum Gasteiger partial charge on any atom is 0.257 e. The van der Waals surface area contributed by atoms with Crippen LogP contribution in [0, 0.1) is 42.9 Å². The van der Waals surface area contributed by atoms with E-state index in [9.17, 15) is 26.7 Å². The highest BCUT2D eigenvalue weighted by Crippen LogP contribution is 2.24. The lowest BCUT2D eigenvalue weighted by molar-refractivity contribution is 0.102. The van der Waals surface area contributed by atoms with Gasteiger partial charge in [-0.2, -0.15) is 5.10 Å². The second-order valence-electron chi connectivity index (χ2n) is 6.22. The van der Waals surface area contributed by atoms with E-state index >= 15 is 0 Å². The molecule has 0 saturated carbocycles. The van der Waals surface area contributed by atoms with E-state index in [0.717, 1.165) is 15.8 Å². The first kappa shape index (κ1) is 19.5. The Labute approximate surface area is 156 Å². The normalized spacial score (nSPS) is 11.0. The van der Waals surface area contributed by atoms with E-state index < -0.39 is 47.1 Å². The van der Waals surface area contributed by atoms with E-state index in [1.807, 2.05) is 13.0 Å². The molecule has 0 aliphatic heterocycles. The van der Waals surface area contributed by atoms with Gasteiger partial charge in [-0.15, -0.1) is 0 Å². The van der Waals surface area contributed by atoms with Gasteiger partial charge in [0.2, 0.25) is 5.82 Å². The van der Waals surface area contributed by atoms with Crippen molar-refractivity contribution in [3.05, 3.63) is 81.8 Å². The first-order valence-electron chi connectivity index (χ1n) is 8.11. The van der Waals surface area contributed by atoms with Gasteiger partial charge in [0.25, 0.3) is 5.91 Å². The molecule has 28 heavy (non-hydrogen) atoms. The molecule has 9 heteroatoms. The van der Waals surface area contributed by atoms with Gasteiger partial charge in [0.05, 0.1) is 12.1 Å². The van der Waals surface area contributed by atoms with Crippen LogP contribution in [-0.4, -0.2) is 15.7 Å². The fourth-order valence-corrected chi connectivity index (χ4v) is 2.63. The Morgan fingerprint density at radius 3 is 2.21 bits per heavy atom. The molecule has 0 aliphatic carbocycles.